The Hall–Kier alpha value is -3.82. The minimum absolute atomic E-state index is 0.108. The average Bonchev–Trinajstić information content (AvgIpc) is 3.46. The summed E-state index contributed by atoms with van der Waals surface area (Å²) >= 11 is 0. The fraction of sp³-hybridized carbons (Fsp3) is 0.500. The van der Waals surface area contributed by atoms with Crippen LogP contribution in [0.25, 0.3) is 5.69 Å². The number of nitriles is 1. The lowest BCUT2D eigenvalue weighted by molar-refractivity contribution is 0.0649. The summed E-state index contributed by atoms with van der Waals surface area (Å²) < 4.78 is 7.09. The molecule has 2 saturated heterocycles. The van der Waals surface area contributed by atoms with Gasteiger partial charge in [-0.25, -0.2) is 4.98 Å². The van der Waals surface area contributed by atoms with Gasteiger partial charge in [0.1, 0.15) is 41.8 Å². The predicted molar refractivity (Wildman–Crippen MR) is 132 cm³/mol. The Morgan fingerprint density at radius 1 is 1.19 bits per heavy atom. The maximum atomic E-state index is 9.62. The summed E-state index contributed by atoms with van der Waals surface area (Å²) in [6, 6.07) is 8.19. The number of nitrogens with zero attached hydrogens (tertiary/aromatic N) is 8. The maximum absolute atomic E-state index is 9.62. The molecule has 12 heteroatoms. The summed E-state index contributed by atoms with van der Waals surface area (Å²) in [6.07, 6.45) is 9.23. The molecule has 4 heterocycles. The number of aliphatic hydroxyl groups excluding tert-OH is 1. The molecule has 12 nitrogen and oxygen atoms in total. The summed E-state index contributed by atoms with van der Waals surface area (Å²) in [7, 11) is 0. The second-order valence-corrected chi connectivity index (χ2v) is 9.08. The lowest BCUT2D eigenvalue weighted by Gasteiger charge is -2.44. The molecule has 0 saturated carbocycles. The summed E-state index contributed by atoms with van der Waals surface area (Å²) in [5.41, 5.74) is 1.71. The monoisotopic (exact) mass is 490 g/mol. The number of piperidine rings is 2. The van der Waals surface area contributed by atoms with Crippen molar-refractivity contribution in [1.82, 2.24) is 35.1 Å². The average molecular weight is 491 g/mol. The van der Waals surface area contributed by atoms with Crippen molar-refractivity contribution in [3.05, 3.63) is 36.3 Å². The SMILES string of the molecule is N#Cc1cnc(Nc2ccc(OCCO)c(-n3cnnn3)c2)nc1NC[C@@H]1CCCN2CCCC[C@H]12. The summed E-state index contributed by atoms with van der Waals surface area (Å²) in [5, 5.41) is 36.7. The van der Waals surface area contributed by atoms with Crippen molar-refractivity contribution in [3.8, 4) is 17.5 Å². The number of benzene rings is 1. The van der Waals surface area contributed by atoms with Gasteiger partial charge in [0.15, 0.2) is 0 Å². The van der Waals surface area contributed by atoms with E-state index in [1.54, 1.807) is 12.1 Å². The van der Waals surface area contributed by atoms with Gasteiger partial charge in [0, 0.05) is 18.3 Å². The van der Waals surface area contributed by atoms with E-state index in [0.717, 1.165) is 6.54 Å². The van der Waals surface area contributed by atoms with Crippen LogP contribution in [0.15, 0.2) is 30.7 Å². The fourth-order valence-electron chi connectivity index (χ4n) is 5.15. The number of ether oxygens (including phenoxy) is 1. The molecule has 2 aliphatic heterocycles. The van der Waals surface area contributed by atoms with E-state index in [-0.39, 0.29) is 13.2 Å². The number of nitrogens with one attached hydrogen (secondary N) is 2. The molecule has 2 aliphatic rings. The van der Waals surface area contributed by atoms with Crippen LogP contribution in [0.4, 0.5) is 17.5 Å². The van der Waals surface area contributed by atoms with Crippen molar-refractivity contribution in [1.29, 1.82) is 5.26 Å². The normalized spacial score (nSPS) is 19.8. The first-order chi connectivity index (χ1) is 17.7. The van der Waals surface area contributed by atoms with Gasteiger partial charge in [0.25, 0.3) is 0 Å². The van der Waals surface area contributed by atoms with Gasteiger partial charge in [-0.2, -0.15) is 14.9 Å². The molecule has 3 N–H and O–H groups in total. The molecule has 1 aromatic carbocycles. The summed E-state index contributed by atoms with van der Waals surface area (Å²) in [5.74, 6) is 1.97. The number of rotatable bonds is 9. The van der Waals surface area contributed by atoms with Gasteiger partial charge in [0.2, 0.25) is 5.95 Å². The quantitative estimate of drug-likeness (QED) is 0.405. The molecule has 3 aromatic rings. The van der Waals surface area contributed by atoms with E-state index in [4.69, 9.17) is 9.84 Å². The Morgan fingerprint density at radius 3 is 2.94 bits per heavy atom. The molecular weight excluding hydrogens is 460 g/mol. The molecule has 0 unspecified atom stereocenters. The van der Waals surface area contributed by atoms with Gasteiger partial charge in [-0.3, -0.25) is 0 Å². The Kier molecular flexibility index (Phi) is 7.49. The molecule has 0 bridgehead atoms. The van der Waals surface area contributed by atoms with Gasteiger partial charge in [-0.05, 0) is 73.3 Å². The van der Waals surface area contributed by atoms with E-state index < -0.39 is 0 Å². The molecule has 0 spiro atoms. The molecule has 0 radical (unpaired) electrons. The lowest BCUT2D eigenvalue weighted by Crippen LogP contribution is -2.49. The minimum Gasteiger partial charge on any atom is -0.489 e. The van der Waals surface area contributed by atoms with E-state index in [0.29, 0.717) is 46.4 Å². The number of hydrogen-bond donors (Lipinski definition) is 3. The van der Waals surface area contributed by atoms with E-state index in [9.17, 15) is 5.26 Å². The Morgan fingerprint density at radius 2 is 2.11 bits per heavy atom. The molecule has 0 aliphatic carbocycles. The molecular formula is C24H30N10O2. The molecule has 188 valence electrons. The minimum atomic E-state index is -0.108. The molecule has 2 fully saturated rings. The third-order valence-corrected chi connectivity index (χ3v) is 6.83. The van der Waals surface area contributed by atoms with Crippen molar-refractivity contribution < 1.29 is 9.84 Å². The Balaban J connectivity index is 1.32. The number of fused-ring (bicyclic) bond motifs is 1. The zero-order chi connectivity index (χ0) is 24.7. The number of aromatic nitrogens is 6. The maximum Gasteiger partial charge on any atom is 0.229 e. The van der Waals surface area contributed by atoms with Crippen LogP contribution in [0.5, 0.6) is 5.75 Å². The molecule has 0 amide bonds. The molecule has 2 aromatic heterocycles. The van der Waals surface area contributed by atoms with Crippen LogP contribution in [0, 0.1) is 17.2 Å². The van der Waals surface area contributed by atoms with Crippen LogP contribution in [0.3, 0.4) is 0 Å². The summed E-state index contributed by atoms with van der Waals surface area (Å²) in [4.78, 5) is 11.6. The summed E-state index contributed by atoms with van der Waals surface area (Å²) in [6.45, 7) is 3.22. The van der Waals surface area contributed by atoms with Gasteiger partial charge in [-0.15, -0.1) is 5.10 Å². The number of aliphatic hydroxyl groups is 1. The van der Waals surface area contributed by atoms with Gasteiger partial charge in [-0.1, -0.05) is 6.42 Å². The standard InChI is InChI=1S/C24H30N10O2/c25-13-18-15-27-24(30-23(18)26-14-17-4-3-9-33-8-2-1-5-20(17)33)29-19-6-7-22(36-11-10-35)21(12-19)34-16-28-31-32-34/h6-7,12,15-17,20,35H,1-5,8-11,14H2,(H2,26,27,29,30)/t17-,20+/m0/s1. The third-order valence-electron chi connectivity index (χ3n) is 6.83. The second kappa shape index (κ2) is 11.3. The van der Waals surface area contributed by atoms with Crippen LogP contribution in [0.1, 0.15) is 37.7 Å². The second-order valence-electron chi connectivity index (χ2n) is 9.08. The molecule has 36 heavy (non-hydrogen) atoms. The fourth-order valence-corrected chi connectivity index (χ4v) is 5.15. The lowest BCUT2D eigenvalue weighted by atomic mass is 9.83. The number of tetrazole rings is 1. The predicted octanol–water partition coefficient (Wildman–Crippen LogP) is 2.12. The highest BCUT2D eigenvalue weighted by Crippen LogP contribution is 2.31. The van der Waals surface area contributed by atoms with Crippen LogP contribution in [-0.2, 0) is 0 Å². The zero-order valence-electron chi connectivity index (χ0n) is 20.0. The van der Waals surface area contributed by atoms with Crippen molar-refractivity contribution in [2.24, 2.45) is 5.92 Å². The largest absolute Gasteiger partial charge is 0.489 e. The van der Waals surface area contributed by atoms with Crippen molar-refractivity contribution in [2.45, 2.75) is 38.1 Å². The molecule has 2 atom stereocenters. The Bertz CT molecular complexity index is 1190. The topological polar surface area (TPSA) is 150 Å². The number of anilines is 3. The van der Waals surface area contributed by atoms with Crippen LogP contribution < -0.4 is 15.4 Å². The van der Waals surface area contributed by atoms with Crippen LogP contribution >= 0.6 is 0 Å². The van der Waals surface area contributed by atoms with E-state index in [2.05, 4.69) is 47.1 Å². The smallest absolute Gasteiger partial charge is 0.229 e. The van der Waals surface area contributed by atoms with E-state index in [1.807, 2.05) is 6.07 Å². The molecule has 5 rings (SSSR count). The first kappa shape index (κ1) is 23.9. The van der Waals surface area contributed by atoms with E-state index >= 15 is 0 Å². The van der Waals surface area contributed by atoms with Crippen molar-refractivity contribution >= 4 is 17.5 Å². The number of hydrogen-bond acceptors (Lipinski definition) is 11. The highest BCUT2D eigenvalue weighted by Gasteiger charge is 2.32. The zero-order valence-corrected chi connectivity index (χ0v) is 20.0. The first-order valence-electron chi connectivity index (χ1n) is 12.4. The van der Waals surface area contributed by atoms with Crippen molar-refractivity contribution in [2.75, 3.05) is 43.5 Å². The first-order valence-corrected chi connectivity index (χ1v) is 12.4. The van der Waals surface area contributed by atoms with Crippen LogP contribution in [0.2, 0.25) is 0 Å². The third kappa shape index (κ3) is 5.37. The van der Waals surface area contributed by atoms with Gasteiger partial charge >= 0.3 is 0 Å². The van der Waals surface area contributed by atoms with Crippen molar-refractivity contribution in [3.63, 3.8) is 0 Å². The highest BCUT2D eigenvalue weighted by molar-refractivity contribution is 5.63. The van der Waals surface area contributed by atoms with E-state index in [1.165, 1.54) is 62.4 Å². The van der Waals surface area contributed by atoms with Gasteiger partial charge < -0.3 is 25.4 Å². The van der Waals surface area contributed by atoms with Gasteiger partial charge in [0.05, 0.1) is 12.8 Å². The Labute approximate surface area is 209 Å². The van der Waals surface area contributed by atoms with Crippen LogP contribution in [-0.4, -0.2) is 79.1 Å². The highest BCUT2D eigenvalue weighted by atomic mass is 16.5.